The van der Waals surface area contributed by atoms with Crippen molar-refractivity contribution >= 4 is 39.1 Å². The van der Waals surface area contributed by atoms with Crippen molar-refractivity contribution in [2.45, 2.75) is 24.3 Å². The lowest BCUT2D eigenvalue weighted by molar-refractivity contribution is -0.136. The lowest BCUT2D eigenvalue weighted by atomic mass is 9.98. The van der Waals surface area contributed by atoms with E-state index >= 15 is 0 Å². The van der Waals surface area contributed by atoms with E-state index in [1.807, 2.05) is 6.07 Å². The molecule has 0 saturated carbocycles. The highest BCUT2D eigenvalue weighted by atomic mass is 35.5. The Morgan fingerprint density at radius 2 is 1.94 bits per heavy atom. The smallest absolute Gasteiger partial charge is 0.246 e. The molecular formula is C22H22Cl2N4O4S. The van der Waals surface area contributed by atoms with E-state index in [9.17, 15) is 13.2 Å². The van der Waals surface area contributed by atoms with E-state index in [4.69, 9.17) is 27.7 Å². The van der Waals surface area contributed by atoms with Gasteiger partial charge >= 0.3 is 0 Å². The van der Waals surface area contributed by atoms with Crippen molar-refractivity contribution in [1.82, 2.24) is 19.3 Å². The number of halogens is 2. The second-order valence-electron chi connectivity index (χ2n) is 7.87. The summed E-state index contributed by atoms with van der Waals surface area (Å²) in [7, 11) is -2.07. The third kappa shape index (κ3) is 5.38. The molecule has 4 rings (SSSR count). The van der Waals surface area contributed by atoms with Gasteiger partial charge in [0.25, 0.3) is 0 Å². The molecule has 2 aromatic carbocycles. The van der Waals surface area contributed by atoms with Crippen molar-refractivity contribution in [2.75, 3.05) is 20.1 Å². The number of hydrogen-bond donors (Lipinski definition) is 0. The number of aromatic nitrogens is 2. The van der Waals surface area contributed by atoms with Crippen LogP contribution in [0.3, 0.4) is 0 Å². The SMILES string of the molecule is CN(Cc1nc(-c2cccc(Cl)c2)no1)C(=O)C1CCCN(S(=O)(=O)c2ccc(Cl)cc2)C1. The van der Waals surface area contributed by atoms with Crippen LogP contribution in [0.4, 0.5) is 0 Å². The topological polar surface area (TPSA) is 96.6 Å². The minimum absolute atomic E-state index is 0.117. The summed E-state index contributed by atoms with van der Waals surface area (Å²) in [6.45, 7) is 0.601. The number of hydrogen-bond acceptors (Lipinski definition) is 6. The summed E-state index contributed by atoms with van der Waals surface area (Å²) in [6, 6.07) is 13.1. The van der Waals surface area contributed by atoms with Crippen molar-refractivity contribution in [3.63, 3.8) is 0 Å². The Morgan fingerprint density at radius 1 is 1.18 bits per heavy atom. The molecule has 1 aliphatic heterocycles. The van der Waals surface area contributed by atoms with Crippen LogP contribution in [0.1, 0.15) is 18.7 Å². The summed E-state index contributed by atoms with van der Waals surface area (Å²) in [4.78, 5) is 19.0. The molecule has 174 valence electrons. The minimum Gasteiger partial charge on any atom is -0.337 e. The first-order valence-corrected chi connectivity index (χ1v) is 12.5. The molecule has 33 heavy (non-hydrogen) atoms. The fourth-order valence-electron chi connectivity index (χ4n) is 3.77. The van der Waals surface area contributed by atoms with Gasteiger partial charge in [0.2, 0.25) is 27.6 Å². The largest absolute Gasteiger partial charge is 0.337 e. The predicted molar refractivity (Wildman–Crippen MR) is 124 cm³/mol. The highest BCUT2D eigenvalue weighted by Gasteiger charge is 2.34. The summed E-state index contributed by atoms with van der Waals surface area (Å²) >= 11 is 11.9. The van der Waals surface area contributed by atoms with Crippen LogP contribution in [0.5, 0.6) is 0 Å². The number of benzene rings is 2. The zero-order valence-corrected chi connectivity index (χ0v) is 20.1. The maximum atomic E-state index is 13.1. The summed E-state index contributed by atoms with van der Waals surface area (Å²) in [5.74, 6) is 0.0307. The average molecular weight is 509 g/mol. The standard InChI is InChI=1S/C22H22Cl2N4O4S/c1-27(14-20-25-21(26-32-20)15-4-2-6-18(24)12-15)22(29)16-5-3-11-28(13-16)33(30,31)19-9-7-17(23)8-10-19/h2,4,6-10,12,16H,3,5,11,13-14H2,1H3. The van der Waals surface area contributed by atoms with Gasteiger partial charge in [-0.15, -0.1) is 0 Å². The van der Waals surface area contributed by atoms with E-state index in [0.29, 0.717) is 40.8 Å². The van der Waals surface area contributed by atoms with E-state index in [2.05, 4.69) is 10.1 Å². The summed E-state index contributed by atoms with van der Waals surface area (Å²) in [5.41, 5.74) is 0.710. The van der Waals surface area contributed by atoms with Gasteiger partial charge in [0.15, 0.2) is 0 Å². The molecular weight excluding hydrogens is 487 g/mol. The van der Waals surface area contributed by atoms with Gasteiger partial charge in [-0.3, -0.25) is 4.79 Å². The molecule has 0 aliphatic carbocycles. The molecule has 1 aromatic heterocycles. The van der Waals surface area contributed by atoms with Gasteiger partial charge in [-0.25, -0.2) is 8.42 Å². The lowest BCUT2D eigenvalue weighted by Gasteiger charge is -2.33. The fraction of sp³-hybridized carbons (Fsp3) is 0.318. The van der Waals surface area contributed by atoms with Gasteiger partial charge in [-0.05, 0) is 49.2 Å². The van der Waals surface area contributed by atoms with Gasteiger partial charge in [0.05, 0.1) is 17.4 Å². The molecule has 0 N–H and O–H groups in total. The van der Waals surface area contributed by atoms with Gasteiger partial charge in [0.1, 0.15) is 0 Å². The highest BCUT2D eigenvalue weighted by molar-refractivity contribution is 7.89. The number of sulfonamides is 1. The first-order valence-electron chi connectivity index (χ1n) is 10.3. The first-order chi connectivity index (χ1) is 15.7. The molecule has 0 radical (unpaired) electrons. The van der Waals surface area contributed by atoms with Crippen LogP contribution in [0.15, 0.2) is 57.9 Å². The monoisotopic (exact) mass is 508 g/mol. The van der Waals surface area contributed by atoms with Crippen molar-refractivity contribution in [3.05, 3.63) is 64.5 Å². The van der Waals surface area contributed by atoms with Crippen LogP contribution < -0.4 is 0 Å². The number of nitrogens with zero attached hydrogens (tertiary/aromatic N) is 4. The van der Waals surface area contributed by atoms with Gasteiger partial charge in [-0.1, -0.05) is 40.5 Å². The highest BCUT2D eigenvalue weighted by Crippen LogP contribution is 2.26. The minimum atomic E-state index is -3.71. The summed E-state index contributed by atoms with van der Waals surface area (Å²) in [6.07, 6.45) is 1.20. The Labute approximate surface area is 202 Å². The predicted octanol–water partition coefficient (Wildman–Crippen LogP) is 4.10. The average Bonchev–Trinajstić information content (AvgIpc) is 3.27. The van der Waals surface area contributed by atoms with Crippen molar-refractivity contribution in [3.8, 4) is 11.4 Å². The summed E-state index contributed by atoms with van der Waals surface area (Å²) in [5, 5.41) is 4.97. The van der Waals surface area contributed by atoms with Crippen molar-refractivity contribution in [2.24, 2.45) is 5.92 Å². The fourth-order valence-corrected chi connectivity index (χ4v) is 5.61. The lowest BCUT2D eigenvalue weighted by Crippen LogP contribution is -2.45. The van der Waals surface area contributed by atoms with Crippen LogP contribution in [0.25, 0.3) is 11.4 Å². The second-order valence-corrected chi connectivity index (χ2v) is 10.7. The van der Waals surface area contributed by atoms with E-state index < -0.39 is 15.9 Å². The first kappa shape index (κ1) is 23.7. The third-order valence-electron chi connectivity index (χ3n) is 5.48. The van der Waals surface area contributed by atoms with Crippen molar-refractivity contribution in [1.29, 1.82) is 0 Å². The normalized spacial score (nSPS) is 17.1. The Balaban J connectivity index is 1.42. The van der Waals surface area contributed by atoms with E-state index in [1.54, 1.807) is 25.2 Å². The molecule has 11 heteroatoms. The molecule has 3 aromatic rings. The van der Waals surface area contributed by atoms with Crippen LogP contribution in [0, 0.1) is 5.92 Å². The quantitative estimate of drug-likeness (QED) is 0.497. The molecule has 1 unspecified atom stereocenters. The molecule has 1 amide bonds. The van der Waals surface area contributed by atoms with Crippen LogP contribution in [0.2, 0.25) is 10.0 Å². The van der Waals surface area contributed by atoms with E-state index in [-0.39, 0.29) is 29.8 Å². The van der Waals surface area contributed by atoms with Crippen LogP contribution in [-0.2, 0) is 21.4 Å². The second kappa shape index (κ2) is 9.80. The molecule has 0 spiro atoms. The Hall–Kier alpha value is -2.46. The Morgan fingerprint density at radius 3 is 2.67 bits per heavy atom. The third-order valence-corrected chi connectivity index (χ3v) is 7.85. The van der Waals surface area contributed by atoms with Gasteiger partial charge < -0.3 is 9.42 Å². The maximum absolute atomic E-state index is 13.1. The molecule has 1 atom stereocenters. The van der Waals surface area contributed by atoms with E-state index in [0.717, 1.165) is 0 Å². The molecule has 1 fully saturated rings. The maximum Gasteiger partial charge on any atom is 0.246 e. The molecule has 0 bridgehead atoms. The van der Waals surface area contributed by atoms with Crippen LogP contribution >= 0.6 is 23.2 Å². The molecule has 8 nitrogen and oxygen atoms in total. The molecule has 2 heterocycles. The number of piperidine rings is 1. The van der Waals surface area contributed by atoms with Crippen LogP contribution in [-0.4, -0.2) is 53.8 Å². The zero-order chi connectivity index (χ0) is 23.6. The molecule has 1 aliphatic rings. The number of rotatable bonds is 6. The number of amides is 1. The van der Waals surface area contributed by atoms with E-state index in [1.165, 1.54) is 33.5 Å². The van der Waals surface area contributed by atoms with Gasteiger partial charge in [0, 0.05) is 35.7 Å². The Kier molecular flexibility index (Phi) is 7.04. The van der Waals surface area contributed by atoms with Crippen molar-refractivity contribution < 1.29 is 17.7 Å². The number of carbonyl (C=O) groups is 1. The summed E-state index contributed by atoms with van der Waals surface area (Å²) < 4.78 is 32.7. The Bertz CT molecular complexity index is 1250. The molecule has 1 saturated heterocycles. The number of carbonyl (C=O) groups excluding carboxylic acids is 1. The van der Waals surface area contributed by atoms with Gasteiger partial charge in [-0.2, -0.15) is 9.29 Å². The zero-order valence-electron chi connectivity index (χ0n) is 17.8.